The fourth-order valence-corrected chi connectivity index (χ4v) is 8.37. The zero-order chi connectivity index (χ0) is 30.3. The van der Waals surface area contributed by atoms with E-state index in [1.165, 1.54) is 12.1 Å². The Hall–Kier alpha value is -2.88. The molecule has 4 heterocycles. The molecule has 4 unspecified atom stereocenters. The number of likely N-dealkylation sites (N-methyl/N-ethyl adjacent to an activating group) is 1. The number of anilines is 1. The summed E-state index contributed by atoms with van der Waals surface area (Å²) < 4.78 is 20.8. The van der Waals surface area contributed by atoms with Crippen LogP contribution in [0.25, 0.3) is 0 Å². The van der Waals surface area contributed by atoms with E-state index in [4.69, 9.17) is 4.74 Å². The van der Waals surface area contributed by atoms with Gasteiger partial charge in [-0.05, 0) is 82.0 Å². The van der Waals surface area contributed by atoms with Gasteiger partial charge in [0.2, 0.25) is 11.8 Å². The first-order valence-corrected chi connectivity index (χ1v) is 15.7. The van der Waals surface area contributed by atoms with Gasteiger partial charge in [0, 0.05) is 50.4 Å². The van der Waals surface area contributed by atoms with Crippen LogP contribution in [0.4, 0.5) is 10.1 Å². The molecule has 1 aliphatic carbocycles. The summed E-state index contributed by atoms with van der Waals surface area (Å²) in [5, 5.41) is 17.0. The number of amides is 2. The van der Waals surface area contributed by atoms with Crippen molar-refractivity contribution in [2.24, 2.45) is 11.3 Å². The molecule has 1 aromatic rings. The summed E-state index contributed by atoms with van der Waals surface area (Å²) >= 11 is 0. The van der Waals surface area contributed by atoms with Gasteiger partial charge >= 0.3 is 0 Å². The molecule has 2 N–H and O–H groups in total. The number of hydrogen-bond donors (Lipinski definition) is 2. The molecule has 1 spiro atoms. The van der Waals surface area contributed by atoms with Crippen LogP contribution in [0.1, 0.15) is 44.1 Å². The summed E-state index contributed by atoms with van der Waals surface area (Å²) in [7, 11) is 3.94. The van der Waals surface area contributed by atoms with E-state index >= 15 is 0 Å². The molecule has 0 radical (unpaired) electrons. The lowest BCUT2D eigenvalue weighted by Crippen LogP contribution is -2.73. The lowest BCUT2D eigenvalue weighted by molar-refractivity contribution is -0.143. The lowest BCUT2D eigenvalue weighted by Gasteiger charge is -2.56. The number of nitrogens with zero attached hydrogens (tertiary/aromatic N) is 5. The maximum atomic E-state index is 14.3. The summed E-state index contributed by atoms with van der Waals surface area (Å²) in [6.45, 7) is 7.09. The Morgan fingerprint density at radius 2 is 2.07 bits per heavy atom. The van der Waals surface area contributed by atoms with Crippen molar-refractivity contribution in [2.45, 2.75) is 75.6 Å². The van der Waals surface area contributed by atoms with Gasteiger partial charge in [-0.2, -0.15) is 5.26 Å². The van der Waals surface area contributed by atoms with Crippen LogP contribution < -0.4 is 15.5 Å². The van der Waals surface area contributed by atoms with Crippen LogP contribution in [0.2, 0.25) is 0 Å². The number of nitriles is 1. The molecule has 0 bridgehead atoms. The Balaban J connectivity index is 1.25. The number of hydrogen-bond acceptors (Lipinski definition) is 8. The van der Waals surface area contributed by atoms with Crippen LogP contribution in [-0.2, 0) is 20.7 Å². The average molecular weight is 594 g/mol. The van der Waals surface area contributed by atoms with E-state index in [2.05, 4.69) is 40.1 Å². The molecular weight excluding hydrogens is 549 g/mol. The highest BCUT2D eigenvalue weighted by Crippen LogP contribution is 2.49. The number of likely N-dealkylation sites (tertiary alicyclic amines) is 1. The van der Waals surface area contributed by atoms with Crippen LogP contribution in [-0.4, -0.2) is 104 Å². The van der Waals surface area contributed by atoms with Gasteiger partial charge in [-0.25, -0.2) is 4.39 Å². The molecule has 0 aromatic heterocycles. The van der Waals surface area contributed by atoms with Gasteiger partial charge in [0.1, 0.15) is 5.82 Å². The van der Waals surface area contributed by atoms with E-state index in [9.17, 15) is 19.2 Å². The highest BCUT2D eigenvalue weighted by molar-refractivity contribution is 6.00. The number of piperazine rings is 1. The van der Waals surface area contributed by atoms with Crippen molar-refractivity contribution in [3.8, 4) is 6.07 Å². The molecule has 1 saturated carbocycles. The standard InChI is InChI=1S/C32H44FN7O3/c1-4-28(41)40-15-14-39(19-23(40)10-12-34)29-25-9-11-32(17-21-16-22(33)7-8-27(21)38(3)30(32)42)18-26(25)35-31(36-29)43-20-24-6-5-13-37(24)2/h4,7-8,16,23-26,29,31,35-36H,1,5-6,9-11,13-15,17-20H2,2-3H3/t23-,24-,25?,26?,29?,31?,32+/m1/s1. The first-order valence-electron chi connectivity index (χ1n) is 15.7. The predicted molar refractivity (Wildman–Crippen MR) is 160 cm³/mol. The van der Waals surface area contributed by atoms with Crippen LogP contribution in [0.15, 0.2) is 30.9 Å². The number of benzene rings is 1. The Kier molecular flexibility index (Phi) is 8.59. The number of carbonyl (C=O) groups excluding carboxylic acids is 2. The molecule has 10 nitrogen and oxygen atoms in total. The van der Waals surface area contributed by atoms with E-state index < -0.39 is 11.8 Å². The summed E-state index contributed by atoms with van der Waals surface area (Å²) in [6.07, 6.45) is 6.08. The van der Waals surface area contributed by atoms with Gasteiger partial charge in [0.15, 0.2) is 6.35 Å². The van der Waals surface area contributed by atoms with E-state index in [0.29, 0.717) is 51.5 Å². The summed E-state index contributed by atoms with van der Waals surface area (Å²) in [6, 6.07) is 7.11. The van der Waals surface area contributed by atoms with Gasteiger partial charge in [0.25, 0.3) is 0 Å². The molecular formula is C32H44FN7O3. The second-order valence-electron chi connectivity index (χ2n) is 13.1. The Morgan fingerprint density at radius 3 is 2.81 bits per heavy atom. The first-order chi connectivity index (χ1) is 20.7. The number of ether oxygens (including phenoxy) is 1. The Labute approximate surface area is 253 Å². The zero-order valence-electron chi connectivity index (χ0n) is 25.3. The largest absolute Gasteiger partial charge is 0.348 e. The van der Waals surface area contributed by atoms with Crippen molar-refractivity contribution >= 4 is 17.5 Å². The highest BCUT2D eigenvalue weighted by Gasteiger charge is 2.54. The minimum absolute atomic E-state index is 0.000945. The minimum atomic E-state index is -0.611. The van der Waals surface area contributed by atoms with Crippen molar-refractivity contribution in [1.82, 2.24) is 25.3 Å². The summed E-state index contributed by atoms with van der Waals surface area (Å²) in [4.78, 5) is 34.7. The molecule has 7 atom stereocenters. The third-order valence-electron chi connectivity index (χ3n) is 10.7. The van der Waals surface area contributed by atoms with Crippen molar-refractivity contribution in [3.05, 3.63) is 42.2 Å². The van der Waals surface area contributed by atoms with Gasteiger partial charge in [0.05, 0.1) is 36.7 Å². The molecule has 43 heavy (non-hydrogen) atoms. The van der Waals surface area contributed by atoms with Crippen molar-refractivity contribution in [2.75, 3.05) is 51.8 Å². The van der Waals surface area contributed by atoms with Crippen molar-refractivity contribution in [1.29, 1.82) is 5.26 Å². The fraction of sp³-hybridized carbons (Fsp3) is 0.656. The molecule has 4 aliphatic heterocycles. The maximum absolute atomic E-state index is 14.3. The van der Waals surface area contributed by atoms with E-state index in [1.807, 2.05) is 0 Å². The Bertz CT molecular complexity index is 1290. The monoisotopic (exact) mass is 593 g/mol. The van der Waals surface area contributed by atoms with Crippen LogP contribution >= 0.6 is 0 Å². The van der Waals surface area contributed by atoms with E-state index in [1.54, 1.807) is 29.0 Å². The summed E-state index contributed by atoms with van der Waals surface area (Å²) in [5.41, 5.74) is 1.05. The highest BCUT2D eigenvalue weighted by atomic mass is 19.1. The molecule has 232 valence electrons. The quantitative estimate of drug-likeness (QED) is 0.483. The number of halogens is 1. The minimum Gasteiger partial charge on any atom is -0.348 e. The summed E-state index contributed by atoms with van der Waals surface area (Å²) in [5.74, 6) is -0.139. The lowest BCUT2D eigenvalue weighted by atomic mass is 9.62. The molecule has 5 aliphatic rings. The Morgan fingerprint density at radius 1 is 1.23 bits per heavy atom. The molecule has 4 fully saturated rings. The molecule has 6 rings (SSSR count). The van der Waals surface area contributed by atoms with E-state index in [-0.39, 0.29) is 48.2 Å². The van der Waals surface area contributed by atoms with Gasteiger partial charge in [-0.3, -0.25) is 25.1 Å². The van der Waals surface area contributed by atoms with Gasteiger partial charge in [-0.15, -0.1) is 0 Å². The number of carbonyl (C=O) groups is 2. The molecule has 11 heteroatoms. The average Bonchev–Trinajstić information content (AvgIpc) is 3.42. The SMILES string of the molecule is C=CC(=O)N1CCN(C2NC(OC[C@H]3CCCN3C)NC3C[C@]4(CCC32)Cc2cc(F)ccc2N(C)C4=O)C[C@H]1CC#N. The maximum Gasteiger partial charge on any atom is 0.246 e. The van der Waals surface area contributed by atoms with Crippen molar-refractivity contribution in [3.63, 3.8) is 0 Å². The first kappa shape index (κ1) is 30.2. The van der Waals surface area contributed by atoms with Crippen LogP contribution in [0, 0.1) is 28.5 Å². The van der Waals surface area contributed by atoms with Gasteiger partial charge in [-0.1, -0.05) is 6.58 Å². The third kappa shape index (κ3) is 5.71. The third-order valence-corrected chi connectivity index (χ3v) is 10.7. The fourth-order valence-electron chi connectivity index (χ4n) is 8.37. The van der Waals surface area contributed by atoms with Crippen LogP contribution in [0.3, 0.4) is 0 Å². The second-order valence-corrected chi connectivity index (χ2v) is 13.1. The second kappa shape index (κ2) is 12.3. The van der Waals surface area contributed by atoms with Gasteiger partial charge < -0.3 is 19.4 Å². The number of rotatable bonds is 6. The predicted octanol–water partition coefficient (Wildman–Crippen LogP) is 2.03. The molecule has 3 saturated heterocycles. The van der Waals surface area contributed by atoms with Crippen LogP contribution in [0.5, 0.6) is 0 Å². The number of fused-ring (bicyclic) bond motifs is 2. The number of nitrogens with one attached hydrogen (secondary N) is 2. The van der Waals surface area contributed by atoms with Crippen molar-refractivity contribution < 1.29 is 18.7 Å². The van der Waals surface area contributed by atoms with E-state index in [0.717, 1.165) is 37.1 Å². The molecule has 1 aromatic carbocycles. The normalized spacial score (nSPS) is 35.0. The molecule has 2 amide bonds. The topological polar surface area (TPSA) is 104 Å². The smallest absolute Gasteiger partial charge is 0.246 e. The zero-order valence-corrected chi connectivity index (χ0v) is 25.3.